The molecule has 86 valence electrons. The summed E-state index contributed by atoms with van der Waals surface area (Å²) in [5.41, 5.74) is 0. The number of carbonyl (C=O) groups is 2. The largest absolute Gasteiger partial charge is 0.337 e. The fourth-order valence-electron chi connectivity index (χ4n) is 1.69. The minimum Gasteiger partial charge on any atom is -0.337 e. The van der Waals surface area contributed by atoms with Crippen LogP contribution >= 0.6 is 11.8 Å². The van der Waals surface area contributed by atoms with Crippen molar-refractivity contribution in [2.24, 2.45) is 5.92 Å². The molecule has 0 bridgehead atoms. The van der Waals surface area contributed by atoms with Crippen molar-refractivity contribution in [1.29, 1.82) is 0 Å². The Kier molecular flexibility index (Phi) is 5.15. The number of hydrogen-bond acceptors (Lipinski definition) is 3. The number of aldehydes is 1. The Morgan fingerprint density at radius 3 is 2.47 bits per heavy atom. The first-order chi connectivity index (χ1) is 7.13. The predicted molar refractivity (Wildman–Crippen MR) is 63.1 cm³/mol. The highest BCUT2D eigenvalue weighted by Gasteiger charge is 2.21. The van der Waals surface area contributed by atoms with Crippen LogP contribution in [0.4, 0.5) is 4.79 Å². The molecule has 0 radical (unpaired) electrons. The van der Waals surface area contributed by atoms with Crippen molar-refractivity contribution in [3.05, 3.63) is 0 Å². The second kappa shape index (κ2) is 6.16. The first kappa shape index (κ1) is 12.6. The van der Waals surface area contributed by atoms with Crippen molar-refractivity contribution in [1.82, 2.24) is 5.32 Å². The number of nitrogens with one attached hydrogen (secondary N) is 1. The zero-order chi connectivity index (χ0) is 11.3. The molecule has 0 aromatic carbocycles. The molecule has 1 aliphatic rings. The molecule has 15 heavy (non-hydrogen) atoms. The Morgan fingerprint density at radius 1 is 1.40 bits per heavy atom. The number of hydrogen-bond donors (Lipinski definition) is 1. The van der Waals surface area contributed by atoms with Crippen LogP contribution in [0.2, 0.25) is 0 Å². The molecule has 0 aliphatic heterocycles. The molecule has 0 heterocycles. The van der Waals surface area contributed by atoms with Gasteiger partial charge in [-0.05, 0) is 18.8 Å². The van der Waals surface area contributed by atoms with E-state index in [1.54, 1.807) is 0 Å². The van der Waals surface area contributed by atoms with Gasteiger partial charge in [-0.25, -0.2) is 0 Å². The number of thioether (sulfide) groups is 1. The van der Waals surface area contributed by atoms with Gasteiger partial charge in [0.05, 0.1) is 6.04 Å². The van der Waals surface area contributed by atoms with Crippen LogP contribution in [0.1, 0.15) is 39.5 Å². The number of carbonyl (C=O) groups excluding carboxylic acids is 2. The molecular formula is C11H19NO2S. The topological polar surface area (TPSA) is 46.2 Å². The lowest BCUT2D eigenvalue weighted by molar-refractivity contribution is -0.110. The third-order valence-electron chi connectivity index (χ3n) is 2.73. The van der Waals surface area contributed by atoms with Crippen molar-refractivity contribution >= 4 is 23.3 Å². The minimum atomic E-state index is -0.341. The van der Waals surface area contributed by atoms with Crippen molar-refractivity contribution in [2.45, 2.75) is 50.8 Å². The lowest BCUT2D eigenvalue weighted by atomic mass is 10.1. The molecule has 1 N–H and O–H groups in total. The van der Waals surface area contributed by atoms with Gasteiger partial charge in [0.15, 0.2) is 0 Å². The van der Waals surface area contributed by atoms with E-state index in [9.17, 15) is 9.59 Å². The first-order valence-corrected chi connectivity index (χ1v) is 6.44. The van der Waals surface area contributed by atoms with Gasteiger partial charge in [0.25, 0.3) is 5.24 Å². The van der Waals surface area contributed by atoms with Gasteiger partial charge in [-0.1, -0.05) is 38.5 Å². The summed E-state index contributed by atoms with van der Waals surface area (Å²) < 4.78 is 0. The zero-order valence-corrected chi connectivity index (χ0v) is 10.2. The van der Waals surface area contributed by atoms with Crippen LogP contribution in [-0.4, -0.2) is 22.8 Å². The minimum absolute atomic E-state index is 0.0484. The van der Waals surface area contributed by atoms with Gasteiger partial charge in [-0.15, -0.1) is 0 Å². The van der Waals surface area contributed by atoms with Crippen molar-refractivity contribution in [3.63, 3.8) is 0 Å². The molecule has 1 aliphatic carbocycles. The molecule has 0 spiro atoms. The average Bonchev–Trinajstić information content (AvgIpc) is 2.66. The molecule has 1 unspecified atom stereocenters. The van der Waals surface area contributed by atoms with E-state index in [4.69, 9.17) is 0 Å². The van der Waals surface area contributed by atoms with Gasteiger partial charge in [0.2, 0.25) is 0 Å². The van der Waals surface area contributed by atoms with E-state index in [1.807, 2.05) is 13.8 Å². The highest BCUT2D eigenvalue weighted by atomic mass is 32.2. The SMILES string of the molecule is CC(C)C(C=O)NC(=O)SC1CCCC1. The smallest absolute Gasteiger partial charge is 0.279 e. The Bertz CT molecular complexity index is 225. The summed E-state index contributed by atoms with van der Waals surface area (Å²) in [6.45, 7) is 3.86. The van der Waals surface area contributed by atoms with E-state index < -0.39 is 0 Å². The third-order valence-corrected chi connectivity index (χ3v) is 3.86. The average molecular weight is 229 g/mol. The second-order valence-electron chi connectivity index (χ2n) is 4.36. The van der Waals surface area contributed by atoms with Gasteiger partial charge in [0.1, 0.15) is 6.29 Å². The number of rotatable bonds is 4. The number of amides is 1. The summed E-state index contributed by atoms with van der Waals surface area (Å²) in [6.07, 6.45) is 5.54. The quantitative estimate of drug-likeness (QED) is 0.754. The highest BCUT2D eigenvalue weighted by molar-refractivity contribution is 8.14. The van der Waals surface area contributed by atoms with Crippen molar-refractivity contribution in [2.75, 3.05) is 0 Å². The van der Waals surface area contributed by atoms with E-state index in [0.29, 0.717) is 5.25 Å². The normalized spacial score (nSPS) is 19.1. The molecule has 1 fully saturated rings. The van der Waals surface area contributed by atoms with Crippen LogP contribution in [0.5, 0.6) is 0 Å². The molecule has 0 aromatic rings. The van der Waals surface area contributed by atoms with Gasteiger partial charge in [-0.3, -0.25) is 4.79 Å². The van der Waals surface area contributed by atoms with Crippen LogP contribution < -0.4 is 5.32 Å². The molecule has 3 nitrogen and oxygen atoms in total. The molecule has 1 atom stereocenters. The fraction of sp³-hybridized carbons (Fsp3) is 0.818. The summed E-state index contributed by atoms with van der Waals surface area (Å²) in [7, 11) is 0. The molecule has 4 heteroatoms. The Balaban J connectivity index is 2.30. The van der Waals surface area contributed by atoms with Crippen molar-refractivity contribution < 1.29 is 9.59 Å². The molecule has 1 amide bonds. The Hall–Kier alpha value is -0.510. The van der Waals surface area contributed by atoms with Gasteiger partial charge in [0, 0.05) is 5.25 Å². The maximum Gasteiger partial charge on any atom is 0.279 e. The molecule has 0 aromatic heterocycles. The van der Waals surface area contributed by atoms with Gasteiger partial charge < -0.3 is 10.1 Å². The molecule has 0 saturated heterocycles. The van der Waals surface area contributed by atoms with Gasteiger partial charge >= 0.3 is 0 Å². The zero-order valence-electron chi connectivity index (χ0n) is 9.36. The first-order valence-electron chi connectivity index (χ1n) is 5.56. The van der Waals surface area contributed by atoms with Crippen LogP contribution in [-0.2, 0) is 4.79 Å². The summed E-state index contributed by atoms with van der Waals surface area (Å²) in [5.74, 6) is 0.163. The monoisotopic (exact) mass is 229 g/mol. The van der Waals surface area contributed by atoms with E-state index in [-0.39, 0.29) is 17.2 Å². The van der Waals surface area contributed by atoms with E-state index >= 15 is 0 Å². The maximum absolute atomic E-state index is 11.6. The standard InChI is InChI=1S/C11H19NO2S/c1-8(2)10(7-13)12-11(14)15-9-5-3-4-6-9/h7-10H,3-6H2,1-2H3,(H,12,14). The van der Waals surface area contributed by atoms with E-state index in [1.165, 1.54) is 24.6 Å². The lowest BCUT2D eigenvalue weighted by Gasteiger charge is -2.17. The molecule has 1 saturated carbocycles. The Labute approximate surface area is 95.4 Å². The van der Waals surface area contributed by atoms with Gasteiger partial charge in [-0.2, -0.15) is 0 Å². The highest BCUT2D eigenvalue weighted by Crippen LogP contribution is 2.29. The van der Waals surface area contributed by atoms with Crippen LogP contribution in [0.3, 0.4) is 0 Å². The van der Waals surface area contributed by atoms with Crippen LogP contribution in [0, 0.1) is 5.92 Å². The summed E-state index contributed by atoms with van der Waals surface area (Å²) in [5, 5.41) is 3.16. The third kappa shape index (κ3) is 4.24. The summed E-state index contributed by atoms with van der Waals surface area (Å²) in [4.78, 5) is 22.3. The molecular weight excluding hydrogens is 210 g/mol. The second-order valence-corrected chi connectivity index (χ2v) is 5.64. The van der Waals surface area contributed by atoms with Crippen LogP contribution in [0.15, 0.2) is 0 Å². The van der Waals surface area contributed by atoms with E-state index in [2.05, 4.69) is 5.32 Å². The fourth-order valence-corrected chi connectivity index (χ4v) is 2.76. The van der Waals surface area contributed by atoms with Crippen molar-refractivity contribution in [3.8, 4) is 0 Å². The predicted octanol–water partition coefficient (Wildman–Crippen LogP) is 2.60. The van der Waals surface area contributed by atoms with Crippen LogP contribution in [0.25, 0.3) is 0 Å². The Morgan fingerprint density at radius 2 is 2.00 bits per heavy atom. The van der Waals surface area contributed by atoms with E-state index in [0.717, 1.165) is 19.1 Å². The summed E-state index contributed by atoms with van der Waals surface area (Å²) >= 11 is 1.36. The molecule has 1 rings (SSSR count). The maximum atomic E-state index is 11.6. The lowest BCUT2D eigenvalue weighted by Crippen LogP contribution is -2.38. The summed E-state index contributed by atoms with van der Waals surface area (Å²) in [6, 6.07) is -0.341.